The average molecular weight is 240 g/mol. The van der Waals surface area contributed by atoms with Crippen LogP contribution in [0.5, 0.6) is 0 Å². The van der Waals surface area contributed by atoms with Gasteiger partial charge < -0.3 is 15.7 Å². The molecule has 0 fully saturated rings. The molecule has 0 aliphatic rings. The SMILES string of the molecule is O=C(NCCO)C(=O)NCc1ccc(F)cc1. The number of hydrogen-bond donors (Lipinski definition) is 3. The molecule has 0 atom stereocenters. The van der Waals surface area contributed by atoms with Gasteiger partial charge in [-0.2, -0.15) is 0 Å². The molecule has 0 unspecified atom stereocenters. The molecule has 0 aromatic heterocycles. The molecule has 0 spiro atoms. The smallest absolute Gasteiger partial charge is 0.309 e. The summed E-state index contributed by atoms with van der Waals surface area (Å²) in [5.41, 5.74) is 0.690. The zero-order chi connectivity index (χ0) is 12.7. The fourth-order valence-electron chi connectivity index (χ4n) is 1.11. The van der Waals surface area contributed by atoms with Crippen molar-refractivity contribution in [2.45, 2.75) is 6.54 Å². The third-order valence-corrected chi connectivity index (χ3v) is 1.97. The molecule has 0 aliphatic heterocycles. The second kappa shape index (κ2) is 6.59. The highest BCUT2D eigenvalue weighted by atomic mass is 19.1. The number of rotatable bonds is 4. The van der Waals surface area contributed by atoms with Crippen LogP contribution < -0.4 is 10.6 Å². The molecular formula is C11H13FN2O3. The zero-order valence-electron chi connectivity index (χ0n) is 9.07. The van der Waals surface area contributed by atoms with E-state index in [-0.39, 0.29) is 25.5 Å². The van der Waals surface area contributed by atoms with Gasteiger partial charge in [0.05, 0.1) is 6.61 Å². The van der Waals surface area contributed by atoms with Gasteiger partial charge in [-0.1, -0.05) is 12.1 Å². The van der Waals surface area contributed by atoms with Crippen molar-refractivity contribution in [2.75, 3.05) is 13.2 Å². The summed E-state index contributed by atoms with van der Waals surface area (Å²) >= 11 is 0. The number of hydrogen-bond acceptors (Lipinski definition) is 3. The Morgan fingerprint density at radius 2 is 1.71 bits per heavy atom. The first-order valence-electron chi connectivity index (χ1n) is 5.05. The molecule has 92 valence electrons. The monoisotopic (exact) mass is 240 g/mol. The molecule has 0 saturated carbocycles. The number of carbonyl (C=O) groups is 2. The Labute approximate surface area is 97.6 Å². The molecule has 2 amide bonds. The lowest BCUT2D eigenvalue weighted by molar-refractivity contribution is -0.139. The van der Waals surface area contributed by atoms with Gasteiger partial charge in [0.2, 0.25) is 0 Å². The molecule has 1 rings (SSSR count). The number of amides is 2. The summed E-state index contributed by atoms with van der Waals surface area (Å²) < 4.78 is 12.6. The van der Waals surface area contributed by atoms with Gasteiger partial charge in [0.25, 0.3) is 0 Å². The van der Waals surface area contributed by atoms with Crippen LogP contribution in [0.2, 0.25) is 0 Å². The molecule has 6 heteroatoms. The van der Waals surface area contributed by atoms with Crippen LogP contribution in [0.25, 0.3) is 0 Å². The van der Waals surface area contributed by atoms with Gasteiger partial charge in [0, 0.05) is 13.1 Å². The third-order valence-electron chi connectivity index (χ3n) is 1.97. The number of nitrogens with one attached hydrogen (secondary N) is 2. The Hall–Kier alpha value is -1.95. The summed E-state index contributed by atoms with van der Waals surface area (Å²) in [7, 11) is 0. The van der Waals surface area contributed by atoms with Crippen molar-refractivity contribution in [3.8, 4) is 0 Å². The molecule has 0 aliphatic carbocycles. The van der Waals surface area contributed by atoms with Crippen LogP contribution >= 0.6 is 0 Å². The second-order valence-corrected chi connectivity index (χ2v) is 3.29. The van der Waals surface area contributed by atoms with Crippen molar-refractivity contribution in [1.29, 1.82) is 0 Å². The highest BCUT2D eigenvalue weighted by molar-refractivity contribution is 6.35. The van der Waals surface area contributed by atoms with Crippen molar-refractivity contribution < 1.29 is 19.1 Å². The van der Waals surface area contributed by atoms with E-state index in [1.54, 1.807) is 0 Å². The normalized spacial score (nSPS) is 9.76. The average Bonchev–Trinajstić information content (AvgIpc) is 2.34. The van der Waals surface area contributed by atoms with Crippen LogP contribution in [-0.4, -0.2) is 30.1 Å². The van der Waals surface area contributed by atoms with E-state index in [0.29, 0.717) is 5.56 Å². The molecule has 3 N–H and O–H groups in total. The predicted octanol–water partition coefficient (Wildman–Crippen LogP) is -0.450. The molecule has 0 bridgehead atoms. The lowest BCUT2D eigenvalue weighted by atomic mass is 10.2. The molecule has 5 nitrogen and oxygen atoms in total. The van der Waals surface area contributed by atoms with E-state index < -0.39 is 11.8 Å². The number of aliphatic hydroxyl groups is 1. The summed E-state index contributed by atoms with van der Waals surface area (Å²) in [5.74, 6) is -1.95. The van der Waals surface area contributed by atoms with Gasteiger partial charge >= 0.3 is 11.8 Å². The minimum atomic E-state index is -0.804. The van der Waals surface area contributed by atoms with Crippen molar-refractivity contribution >= 4 is 11.8 Å². The van der Waals surface area contributed by atoms with Gasteiger partial charge in [0.1, 0.15) is 5.82 Å². The van der Waals surface area contributed by atoms with Crippen LogP contribution in [0.1, 0.15) is 5.56 Å². The van der Waals surface area contributed by atoms with Gasteiger partial charge in [-0.25, -0.2) is 4.39 Å². The molecule has 0 heterocycles. The van der Waals surface area contributed by atoms with Crippen LogP contribution in [0.3, 0.4) is 0 Å². The highest BCUT2D eigenvalue weighted by Crippen LogP contribution is 2.01. The summed E-state index contributed by atoms with van der Waals surface area (Å²) in [6.07, 6.45) is 0. The molecule has 1 aromatic carbocycles. The van der Waals surface area contributed by atoms with E-state index in [0.717, 1.165) is 0 Å². The maximum Gasteiger partial charge on any atom is 0.309 e. The van der Waals surface area contributed by atoms with E-state index in [2.05, 4.69) is 10.6 Å². The summed E-state index contributed by atoms with van der Waals surface area (Å²) in [6.45, 7) is -0.0502. The minimum Gasteiger partial charge on any atom is -0.395 e. The summed E-state index contributed by atoms with van der Waals surface area (Å²) in [4.78, 5) is 22.3. The number of halogens is 1. The molecule has 0 saturated heterocycles. The quantitative estimate of drug-likeness (QED) is 0.624. The maximum atomic E-state index is 12.6. The van der Waals surface area contributed by atoms with Gasteiger partial charge in [-0.3, -0.25) is 9.59 Å². The number of benzene rings is 1. The highest BCUT2D eigenvalue weighted by Gasteiger charge is 2.11. The van der Waals surface area contributed by atoms with Crippen LogP contribution in [0.4, 0.5) is 4.39 Å². The first-order chi connectivity index (χ1) is 8.13. The number of carbonyl (C=O) groups excluding carboxylic acids is 2. The molecule has 0 radical (unpaired) electrons. The topological polar surface area (TPSA) is 78.4 Å². The van der Waals surface area contributed by atoms with Crippen molar-refractivity contribution in [3.63, 3.8) is 0 Å². The summed E-state index contributed by atoms with van der Waals surface area (Å²) in [6, 6.07) is 5.57. The standard InChI is InChI=1S/C11H13FN2O3/c12-9-3-1-8(2-4-9)7-14-11(17)10(16)13-5-6-15/h1-4,15H,5-7H2,(H,13,16)(H,14,17). The first kappa shape index (κ1) is 13.1. The molecule has 17 heavy (non-hydrogen) atoms. The Bertz CT molecular complexity index is 392. The lowest BCUT2D eigenvalue weighted by Crippen LogP contribution is -2.40. The predicted molar refractivity (Wildman–Crippen MR) is 58.3 cm³/mol. The van der Waals surface area contributed by atoms with E-state index in [4.69, 9.17) is 5.11 Å². The van der Waals surface area contributed by atoms with E-state index >= 15 is 0 Å². The largest absolute Gasteiger partial charge is 0.395 e. The fraction of sp³-hybridized carbons (Fsp3) is 0.273. The number of aliphatic hydroxyl groups excluding tert-OH is 1. The van der Waals surface area contributed by atoms with Gasteiger partial charge in [0.15, 0.2) is 0 Å². The molecular weight excluding hydrogens is 227 g/mol. The van der Waals surface area contributed by atoms with Crippen molar-refractivity contribution in [1.82, 2.24) is 10.6 Å². The second-order valence-electron chi connectivity index (χ2n) is 3.29. The van der Waals surface area contributed by atoms with E-state index in [9.17, 15) is 14.0 Å². The molecule has 1 aromatic rings. The Kier molecular flexibility index (Phi) is 5.09. The van der Waals surface area contributed by atoms with Crippen molar-refractivity contribution in [2.24, 2.45) is 0 Å². The minimum absolute atomic E-state index is 0.0306. The van der Waals surface area contributed by atoms with E-state index in [1.165, 1.54) is 24.3 Å². The lowest BCUT2D eigenvalue weighted by Gasteiger charge is -2.05. The van der Waals surface area contributed by atoms with Crippen LogP contribution in [0, 0.1) is 5.82 Å². The van der Waals surface area contributed by atoms with E-state index in [1.807, 2.05) is 0 Å². The fourth-order valence-corrected chi connectivity index (χ4v) is 1.11. The first-order valence-corrected chi connectivity index (χ1v) is 5.05. The van der Waals surface area contributed by atoms with Gasteiger partial charge in [-0.05, 0) is 17.7 Å². The van der Waals surface area contributed by atoms with Crippen LogP contribution in [0.15, 0.2) is 24.3 Å². The zero-order valence-corrected chi connectivity index (χ0v) is 9.07. The Morgan fingerprint density at radius 1 is 1.12 bits per heavy atom. The Balaban J connectivity index is 2.37. The van der Waals surface area contributed by atoms with Gasteiger partial charge in [-0.15, -0.1) is 0 Å². The maximum absolute atomic E-state index is 12.6. The van der Waals surface area contributed by atoms with Crippen LogP contribution in [-0.2, 0) is 16.1 Å². The summed E-state index contributed by atoms with van der Waals surface area (Å²) in [5, 5.41) is 13.0. The third kappa shape index (κ3) is 4.60. The Morgan fingerprint density at radius 3 is 2.29 bits per heavy atom. The van der Waals surface area contributed by atoms with Crippen molar-refractivity contribution in [3.05, 3.63) is 35.6 Å².